The average Bonchev–Trinajstić information content (AvgIpc) is 3.73. The first-order valence-corrected chi connectivity index (χ1v) is 21.0. The molecule has 0 saturated carbocycles. The number of fused-ring (bicyclic) bond motifs is 8. The molecular formula is C57H43N3. The number of rotatable bonds is 5. The van der Waals surface area contributed by atoms with Crippen LogP contribution in [0.4, 0.5) is 17.1 Å². The lowest BCUT2D eigenvalue weighted by molar-refractivity contribution is 0.645. The fourth-order valence-corrected chi connectivity index (χ4v) is 10.6. The minimum atomic E-state index is -0.196. The summed E-state index contributed by atoms with van der Waals surface area (Å²) in [4.78, 5) is 7.44. The van der Waals surface area contributed by atoms with Crippen molar-refractivity contribution in [3.05, 3.63) is 210 Å². The van der Waals surface area contributed by atoms with Crippen LogP contribution >= 0.6 is 0 Å². The lowest BCUT2D eigenvalue weighted by Gasteiger charge is -2.34. The minimum Gasteiger partial charge on any atom is -0.310 e. The number of benzene rings is 8. The summed E-state index contributed by atoms with van der Waals surface area (Å²) in [6.07, 6.45) is 1.96. The van der Waals surface area contributed by atoms with Gasteiger partial charge in [0, 0.05) is 61.5 Å². The van der Waals surface area contributed by atoms with Gasteiger partial charge in [-0.15, -0.1) is 0 Å². The highest BCUT2D eigenvalue weighted by Crippen LogP contribution is 2.52. The van der Waals surface area contributed by atoms with E-state index in [1.807, 2.05) is 6.20 Å². The molecule has 2 heterocycles. The molecule has 2 aliphatic rings. The van der Waals surface area contributed by atoms with E-state index in [-0.39, 0.29) is 10.8 Å². The maximum Gasteiger partial charge on any atom is 0.0786 e. The molecule has 286 valence electrons. The molecule has 0 fully saturated rings. The summed E-state index contributed by atoms with van der Waals surface area (Å²) in [5, 5.41) is 4.97. The molecule has 0 bridgehead atoms. The van der Waals surface area contributed by atoms with Crippen LogP contribution in [0.25, 0.3) is 71.8 Å². The standard InChI is InChI=1S/C57H43N3/c1-56(2)48-20-12-11-19-43(48)44-28-27-42(33-50(44)56)59(39-15-7-5-8-16-39)41-25-22-36(23-26-41)38-24-29-52-45(32-38)46-34-47-51(35-53(46)60(52)40-17-9-6-10-18-40)57(3,4)49-21-13-14-37-30-31-58-55(47)54(37)49/h5-35H,1-4H3. The molecule has 0 radical (unpaired) electrons. The van der Waals surface area contributed by atoms with Gasteiger partial charge in [-0.05, 0) is 129 Å². The smallest absolute Gasteiger partial charge is 0.0786 e. The van der Waals surface area contributed by atoms with Crippen molar-refractivity contribution in [1.29, 1.82) is 0 Å². The van der Waals surface area contributed by atoms with Gasteiger partial charge in [0.25, 0.3) is 0 Å². The van der Waals surface area contributed by atoms with Gasteiger partial charge in [-0.3, -0.25) is 4.98 Å². The number of hydrogen-bond donors (Lipinski definition) is 0. The van der Waals surface area contributed by atoms with Crippen LogP contribution in [0.2, 0.25) is 0 Å². The molecule has 3 heteroatoms. The number of para-hydroxylation sites is 2. The highest BCUT2D eigenvalue weighted by atomic mass is 15.1. The number of nitrogens with zero attached hydrogens (tertiary/aromatic N) is 3. The zero-order valence-corrected chi connectivity index (χ0v) is 34.2. The molecule has 0 N–H and O–H groups in total. The first-order valence-electron chi connectivity index (χ1n) is 21.0. The summed E-state index contributed by atoms with van der Waals surface area (Å²) in [6.45, 7) is 9.43. The van der Waals surface area contributed by atoms with Gasteiger partial charge in [0.2, 0.25) is 0 Å². The van der Waals surface area contributed by atoms with Crippen molar-refractivity contribution in [2.45, 2.75) is 38.5 Å². The zero-order chi connectivity index (χ0) is 40.3. The normalized spacial score (nSPS) is 14.3. The molecular weight excluding hydrogens is 727 g/mol. The molecule has 60 heavy (non-hydrogen) atoms. The molecule has 8 aromatic carbocycles. The number of pyridine rings is 1. The monoisotopic (exact) mass is 769 g/mol. The Morgan fingerprint density at radius 3 is 1.88 bits per heavy atom. The summed E-state index contributed by atoms with van der Waals surface area (Å²) in [6, 6.07) is 67.2. The maximum absolute atomic E-state index is 5.05. The summed E-state index contributed by atoms with van der Waals surface area (Å²) in [7, 11) is 0. The van der Waals surface area contributed by atoms with E-state index in [2.05, 4.69) is 219 Å². The van der Waals surface area contributed by atoms with Gasteiger partial charge < -0.3 is 9.47 Å². The fourth-order valence-electron chi connectivity index (χ4n) is 10.6. The van der Waals surface area contributed by atoms with E-state index in [0.29, 0.717) is 0 Å². The summed E-state index contributed by atoms with van der Waals surface area (Å²) >= 11 is 0. The Morgan fingerprint density at radius 1 is 0.433 bits per heavy atom. The summed E-state index contributed by atoms with van der Waals surface area (Å²) < 4.78 is 2.44. The summed E-state index contributed by atoms with van der Waals surface area (Å²) in [5.41, 5.74) is 19.4. The average molecular weight is 770 g/mol. The Kier molecular flexibility index (Phi) is 7.32. The predicted molar refractivity (Wildman–Crippen MR) is 251 cm³/mol. The second kappa shape index (κ2) is 12.6. The van der Waals surface area contributed by atoms with Crippen LogP contribution in [0.1, 0.15) is 49.9 Å². The van der Waals surface area contributed by atoms with Crippen LogP contribution < -0.4 is 4.90 Å². The minimum absolute atomic E-state index is 0.0831. The Labute approximate surface area is 350 Å². The van der Waals surface area contributed by atoms with Crippen molar-refractivity contribution >= 4 is 49.6 Å². The molecule has 0 unspecified atom stereocenters. The van der Waals surface area contributed by atoms with E-state index >= 15 is 0 Å². The molecule has 0 atom stereocenters. The van der Waals surface area contributed by atoms with Crippen molar-refractivity contribution in [3.8, 4) is 39.2 Å². The molecule has 0 spiro atoms. The Bertz CT molecular complexity index is 3350. The van der Waals surface area contributed by atoms with E-state index in [4.69, 9.17) is 4.98 Å². The van der Waals surface area contributed by atoms with Gasteiger partial charge in [0.05, 0.1) is 16.7 Å². The number of anilines is 3. The molecule has 0 saturated heterocycles. The fraction of sp³-hybridized carbons (Fsp3) is 0.105. The lowest BCUT2D eigenvalue weighted by atomic mass is 9.69. The first-order chi connectivity index (χ1) is 29.3. The van der Waals surface area contributed by atoms with Gasteiger partial charge >= 0.3 is 0 Å². The number of aromatic nitrogens is 2. The van der Waals surface area contributed by atoms with Crippen LogP contribution in [-0.2, 0) is 10.8 Å². The van der Waals surface area contributed by atoms with Crippen LogP contribution in [0.5, 0.6) is 0 Å². The predicted octanol–water partition coefficient (Wildman–Crippen LogP) is 15.1. The SMILES string of the molecule is CC1(C)c2ccccc2-c2ccc(N(c3ccccc3)c3ccc(-c4ccc5c(c4)c4cc6c(cc4n5-c4ccccc4)C(C)(C)c4cccc5ccnc-6c45)cc3)cc21. The molecule has 2 aliphatic carbocycles. The second-order valence-corrected chi connectivity index (χ2v) is 17.6. The van der Waals surface area contributed by atoms with E-state index in [1.54, 1.807) is 0 Å². The van der Waals surface area contributed by atoms with Crippen LogP contribution in [0.3, 0.4) is 0 Å². The van der Waals surface area contributed by atoms with Crippen molar-refractivity contribution < 1.29 is 0 Å². The highest BCUT2D eigenvalue weighted by Gasteiger charge is 2.37. The van der Waals surface area contributed by atoms with Gasteiger partial charge in [-0.2, -0.15) is 0 Å². The molecule has 12 rings (SSSR count). The van der Waals surface area contributed by atoms with Crippen LogP contribution in [-0.4, -0.2) is 9.55 Å². The second-order valence-electron chi connectivity index (χ2n) is 17.6. The van der Waals surface area contributed by atoms with E-state index < -0.39 is 0 Å². The Morgan fingerprint density at radius 2 is 1.07 bits per heavy atom. The van der Waals surface area contributed by atoms with Crippen LogP contribution in [0, 0.1) is 0 Å². The van der Waals surface area contributed by atoms with Gasteiger partial charge in [-0.1, -0.05) is 131 Å². The maximum atomic E-state index is 5.05. The lowest BCUT2D eigenvalue weighted by Crippen LogP contribution is -2.24. The third kappa shape index (κ3) is 4.93. The van der Waals surface area contributed by atoms with Gasteiger partial charge in [0.15, 0.2) is 0 Å². The highest BCUT2D eigenvalue weighted by molar-refractivity contribution is 6.14. The molecule has 0 aliphatic heterocycles. The third-order valence-electron chi connectivity index (χ3n) is 13.6. The van der Waals surface area contributed by atoms with Gasteiger partial charge in [-0.25, -0.2) is 0 Å². The van der Waals surface area contributed by atoms with Gasteiger partial charge in [0.1, 0.15) is 0 Å². The van der Waals surface area contributed by atoms with Crippen molar-refractivity contribution in [2.75, 3.05) is 4.90 Å². The van der Waals surface area contributed by atoms with Crippen LogP contribution in [0.15, 0.2) is 188 Å². The largest absolute Gasteiger partial charge is 0.310 e. The quantitative estimate of drug-likeness (QED) is 0.174. The third-order valence-corrected chi connectivity index (χ3v) is 13.6. The molecule has 10 aromatic rings. The van der Waals surface area contributed by atoms with E-state index in [9.17, 15) is 0 Å². The van der Waals surface area contributed by atoms with E-state index in [1.165, 1.54) is 82.6 Å². The molecule has 2 aromatic heterocycles. The topological polar surface area (TPSA) is 21.1 Å². The Balaban J connectivity index is 1.00. The zero-order valence-electron chi connectivity index (χ0n) is 34.2. The number of hydrogen-bond acceptors (Lipinski definition) is 2. The van der Waals surface area contributed by atoms with E-state index in [0.717, 1.165) is 28.4 Å². The van der Waals surface area contributed by atoms with Crippen molar-refractivity contribution in [3.63, 3.8) is 0 Å². The molecule has 0 amide bonds. The molecule has 3 nitrogen and oxygen atoms in total. The van der Waals surface area contributed by atoms with Crippen molar-refractivity contribution in [1.82, 2.24) is 9.55 Å². The first kappa shape index (κ1) is 34.8. The summed E-state index contributed by atoms with van der Waals surface area (Å²) in [5.74, 6) is 0. The van der Waals surface area contributed by atoms with Crippen molar-refractivity contribution in [2.24, 2.45) is 0 Å². The Hall–Kier alpha value is -7.23.